The van der Waals surface area contributed by atoms with E-state index in [-0.39, 0.29) is 0 Å². The molecule has 3 heterocycles. The first-order valence-corrected chi connectivity index (χ1v) is 10.0. The summed E-state index contributed by atoms with van der Waals surface area (Å²) in [5.74, 6) is 1.85. The average Bonchev–Trinajstić information content (AvgIpc) is 3.28. The van der Waals surface area contributed by atoms with Gasteiger partial charge in [-0.15, -0.1) is 11.3 Å². The van der Waals surface area contributed by atoms with Crippen LogP contribution in [0.1, 0.15) is 28.3 Å². The van der Waals surface area contributed by atoms with Crippen molar-refractivity contribution in [3.8, 4) is 0 Å². The molecule has 0 radical (unpaired) electrons. The van der Waals surface area contributed by atoms with Crippen molar-refractivity contribution in [2.24, 2.45) is 4.99 Å². The molecule has 1 N–H and O–H groups in total. The third-order valence-electron chi connectivity index (χ3n) is 4.52. The number of aromatic nitrogens is 2. The van der Waals surface area contributed by atoms with Crippen molar-refractivity contribution in [3.63, 3.8) is 0 Å². The fourth-order valence-electron chi connectivity index (χ4n) is 3.08. The smallest absolute Gasteiger partial charge is 0.193 e. The molecule has 0 saturated carbocycles. The highest BCUT2D eigenvalue weighted by Gasteiger charge is 2.20. The molecule has 2 aromatic heterocycles. The van der Waals surface area contributed by atoms with Crippen LogP contribution < -0.4 is 5.32 Å². The van der Waals surface area contributed by atoms with Gasteiger partial charge in [0.05, 0.1) is 10.7 Å². The normalized spacial score (nSPS) is 16.3. The summed E-state index contributed by atoms with van der Waals surface area (Å²) in [6.45, 7) is 9.74. The highest BCUT2D eigenvalue weighted by atomic mass is 32.1. The van der Waals surface area contributed by atoms with Crippen LogP contribution in [0.2, 0.25) is 0 Å². The van der Waals surface area contributed by atoms with Crippen LogP contribution in [-0.4, -0.2) is 65.7 Å². The minimum Gasteiger partial charge on any atom is -0.361 e. The van der Waals surface area contributed by atoms with E-state index < -0.39 is 0 Å². The Hall–Kier alpha value is -1.93. The van der Waals surface area contributed by atoms with Crippen molar-refractivity contribution in [1.29, 1.82) is 0 Å². The number of hydrogen-bond donors (Lipinski definition) is 1. The Bertz CT molecular complexity index is 717. The number of guanidine groups is 1. The molecule has 2 aromatic rings. The second kappa shape index (κ2) is 9.14. The van der Waals surface area contributed by atoms with Crippen molar-refractivity contribution in [1.82, 2.24) is 25.3 Å². The number of nitrogens with zero attached hydrogens (tertiary/aromatic N) is 5. The van der Waals surface area contributed by atoms with Gasteiger partial charge in [0.15, 0.2) is 5.96 Å². The molecule has 1 aliphatic heterocycles. The predicted molar refractivity (Wildman–Crippen MR) is 105 cm³/mol. The van der Waals surface area contributed by atoms with Gasteiger partial charge in [0.2, 0.25) is 0 Å². The summed E-state index contributed by atoms with van der Waals surface area (Å²) < 4.78 is 5.15. The topological polar surface area (TPSA) is 69.8 Å². The van der Waals surface area contributed by atoms with Crippen LogP contribution in [0.15, 0.2) is 21.8 Å². The summed E-state index contributed by atoms with van der Waals surface area (Å²) in [5.41, 5.74) is 1.01. The van der Waals surface area contributed by atoms with E-state index >= 15 is 0 Å². The molecule has 0 bridgehead atoms. The molecule has 7 nitrogen and oxygen atoms in total. The lowest BCUT2D eigenvalue weighted by Gasteiger charge is -2.36. The molecule has 3 rings (SSSR count). The van der Waals surface area contributed by atoms with Gasteiger partial charge in [-0.3, -0.25) is 9.89 Å². The lowest BCUT2D eigenvalue weighted by Crippen LogP contribution is -2.52. The molecule has 1 fully saturated rings. The zero-order chi connectivity index (χ0) is 18.4. The van der Waals surface area contributed by atoms with Gasteiger partial charge in [-0.25, -0.2) is 4.98 Å². The first-order valence-electron chi connectivity index (χ1n) is 9.21. The maximum atomic E-state index is 5.15. The van der Waals surface area contributed by atoms with E-state index in [1.165, 1.54) is 9.88 Å². The lowest BCUT2D eigenvalue weighted by atomic mass is 10.3. The Morgan fingerprint density at radius 3 is 2.77 bits per heavy atom. The summed E-state index contributed by atoms with van der Waals surface area (Å²) in [7, 11) is 1.85. The quantitative estimate of drug-likeness (QED) is 0.614. The molecular formula is C18H28N6OS. The van der Waals surface area contributed by atoms with Crippen LogP contribution in [0.3, 0.4) is 0 Å². The summed E-state index contributed by atoms with van der Waals surface area (Å²) >= 11 is 1.81. The Morgan fingerprint density at radius 2 is 2.15 bits per heavy atom. The number of aliphatic imine (C=N–C) groups is 1. The Kier molecular flexibility index (Phi) is 6.62. The summed E-state index contributed by atoms with van der Waals surface area (Å²) in [4.78, 5) is 15.0. The molecule has 0 aliphatic carbocycles. The Morgan fingerprint density at radius 1 is 1.35 bits per heavy atom. The van der Waals surface area contributed by atoms with E-state index in [2.05, 4.69) is 37.2 Å². The summed E-state index contributed by atoms with van der Waals surface area (Å²) in [6.07, 6.45) is 3.99. The summed E-state index contributed by atoms with van der Waals surface area (Å²) in [5, 5.41) is 8.76. The highest BCUT2D eigenvalue weighted by molar-refractivity contribution is 7.11. The number of piperazine rings is 1. The molecule has 0 atom stereocenters. The van der Waals surface area contributed by atoms with Gasteiger partial charge in [-0.1, -0.05) is 12.1 Å². The zero-order valence-corrected chi connectivity index (χ0v) is 16.7. The van der Waals surface area contributed by atoms with Crippen molar-refractivity contribution >= 4 is 17.3 Å². The third kappa shape index (κ3) is 5.04. The standard InChI is InChI=1S/C18H28N6OS/c1-4-16-12-21-17(26-16)5-6-20-18(19-3)24-9-7-23(8-10-24)13-15-11-14(2)25-22-15/h11-12H,4-10,13H2,1-3H3,(H,19,20). The molecule has 0 aromatic carbocycles. The Labute approximate surface area is 159 Å². The second-order valence-electron chi connectivity index (χ2n) is 6.49. The minimum atomic E-state index is 0.848. The van der Waals surface area contributed by atoms with Crippen molar-refractivity contribution < 1.29 is 4.52 Å². The lowest BCUT2D eigenvalue weighted by molar-refractivity contribution is 0.169. The fraction of sp³-hybridized carbons (Fsp3) is 0.611. The van der Waals surface area contributed by atoms with E-state index in [1.807, 2.05) is 26.2 Å². The maximum Gasteiger partial charge on any atom is 0.193 e. The van der Waals surface area contributed by atoms with E-state index in [4.69, 9.17) is 4.52 Å². The van der Waals surface area contributed by atoms with Crippen molar-refractivity contribution in [3.05, 3.63) is 33.6 Å². The van der Waals surface area contributed by atoms with E-state index in [1.54, 1.807) is 11.3 Å². The molecule has 0 amide bonds. The van der Waals surface area contributed by atoms with Gasteiger partial charge >= 0.3 is 0 Å². The number of hydrogen-bond acceptors (Lipinski definition) is 6. The number of rotatable bonds is 6. The Balaban J connectivity index is 1.41. The minimum absolute atomic E-state index is 0.848. The van der Waals surface area contributed by atoms with E-state index in [9.17, 15) is 0 Å². The number of thiazole rings is 1. The first-order chi connectivity index (χ1) is 12.7. The third-order valence-corrected chi connectivity index (χ3v) is 5.72. The van der Waals surface area contributed by atoms with Gasteiger partial charge in [0, 0.05) is 69.9 Å². The van der Waals surface area contributed by atoms with Crippen LogP contribution in [-0.2, 0) is 19.4 Å². The van der Waals surface area contributed by atoms with Crippen LogP contribution in [0.4, 0.5) is 0 Å². The number of aryl methyl sites for hydroxylation is 2. The van der Waals surface area contributed by atoms with Crippen LogP contribution in [0.25, 0.3) is 0 Å². The van der Waals surface area contributed by atoms with Gasteiger partial charge in [-0.2, -0.15) is 0 Å². The van der Waals surface area contributed by atoms with E-state index in [0.717, 1.165) is 69.5 Å². The molecule has 142 valence electrons. The monoisotopic (exact) mass is 376 g/mol. The SMILES string of the molecule is CCc1cnc(CCNC(=NC)N2CCN(Cc3cc(C)on3)CC2)s1. The maximum absolute atomic E-state index is 5.15. The van der Waals surface area contributed by atoms with Crippen molar-refractivity contribution in [2.75, 3.05) is 39.8 Å². The molecule has 1 aliphatic rings. The largest absolute Gasteiger partial charge is 0.361 e. The van der Waals surface area contributed by atoms with Crippen molar-refractivity contribution in [2.45, 2.75) is 33.2 Å². The highest BCUT2D eigenvalue weighted by Crippen LogP contribution is 2.13. The van der Waals surface area contributed by atoms with Crippen LogP contribution in [0.5, 0.6) is 0 Å². The van der Waals surface area contributed by atoms with Gasteiger partial charge < -0.3 is 14.7 Å². The summed E-state index contributed by atoms with van der Waals surface area (Å²) in [6, 6.07) is 2.01. The number of nitrogens with one attached hydrogen (secondary N) is 1. The molecule has 8 heteroatoms. The van der Waals surface area contributed by atoms with E-state index in [0.29, 0.717) is 0 Å². The molecule has 0 unspecified atom stereocenters. The zero-order valence-electron chi connectivity index (χ0n) is 15.9. The van der Waals surface area contributed by atoms with Gasteiger partial charge in [-0.05, 0) is 13.3 Å². The molecule has 1 saturated heterocycles. The van der Waals surface area contributed by atoms with Gasteiger partial charge in [0.1, 0.15) is 5.76 Å². The van der Waals surface area contributed by atoms with Gasteiger partial charge in [0.25, 0.3) is 0 Å². The van der Waals surface area contributed by atoms with Crippen LogP contribution >= 0.6 is 11.3 Å². The average molecular weight is 377 g/mol. The second-order valence-corrected chi connectivity index (χ2v) is 7.69. The molecular weight excluding hydrogens is 348 g/mol. The fourth-order valence-corrected chi connectivity index (χ4v) is 3.94. The molecule has 26 heavy (non-hydrogen) atoms. The first kappa shape index (κ1) is 18.8. The predicted octanol–water partition coefficient (Wildman–Crippen LogP) is 1.94. The molecule has 0 spiro atoms. The van der Waals surface area contributed by atoms with Crippen LogP contribution in [0, 0.1) is 6.92 Å².